The van der Waals surface area contributed by atoms with Crippen LogP contribution in [-0.4, -0.2) is 42.4 Å². The molecule has 0 radical (unpaired) electrons. The lowest BCUT2D eigenvalue weighted by molar-refractivity contribution is -0.141. The Bertz CT molecular complexity index is 804. The quantitative estimate of drug-likeness (QED) is 0.651. The summed E-state index contributed by atoms with van der Waals surface area (Å²) < 4.78 is 5.24. The minimum Gasteiger partial charge on any atom is -0.463 e. The fourth-order valence-electron chi connectivity index (χ4n) is 3.40. The number of benzene rings is 1. The molecule has 1 aliphatic heterocycles. The van der Waals surface area contributed by atoms with Crippen LogP contribution in [0.15, 0.2) is 35.5 Å². The van der Waals surface area contributed by atoms with Gasteiger partial charge in [0.05, 0.1) is 12.2 Å². The minimum atomic E-state index is -0.504. The Morgan fingerprint density at radius 2 is 2.00 bits per heavy atom. The Morgan fingerprint density at radius 3 is 2.62 bits per heavy atom. The number of nitrogens with one attached hydrogen (secondary N) is 1. The SMILES string of the molecule is CCOC(=O)C1=C(C)N(CC(=O)NCCC(C)C)C(=O)CC1c1ccccc1Cl. The molecule has 0 fully saturated rings. The molecular weight excluding hydrogens is 392 g/mol. The van der Waals surface area contributed by atoms with Crippen LogP contribution < -0.4 is 5.32 Å². The summed E-state index contributed by atoms with van der Waals surface area (Å²) in [5.74, 6) is -0.999. The van der Waals surface area contributed by atoms with Gasteiger partial charge in [-0.2, -0.15) is 0 Å². The van der Waals surface area contributed by atoms with Crippen LogP contribution in [0.5, 0.6) is 0 Å². The van der Waals surface area contributed by atoms with Crippen LogP contribution in [0.1, 0.15) is 52.0 Å². The molecule has 1 heterocycles. The summed E-state index contributed by atoms with van der Waals surface area (Å²) in [6.45, 7) is 8.20. The van der Waals surface area contributed by atoms with E-state index in [2.05, 4.69) is 19.2 Å². The number of ether oxygens (including phenoxy) is 1. The van der Waals surface area contributed by atoms with E-state index in [0.717, 1.165) is 6.42 Å². The van der Waals surface area contributed by atoms with E-state index in [4.69, 9.17) is 16.3 Å². The van der Waals surface area contributed by atoms with E-state index in [9.17, 15) is 14.4 Å². The summed E-state index contributed by atoms with van der Waals surface area (Å²) in [4.78, 5) is 39.3. The van der Waals surface area contributed by atoms with Crippen molar-refractivity contribution in [2.24, 2.45) is 5.92 Å². The minimum absolute atomic E-state index is 0.0501. The molecule has 1 unspecified atom stereocenters. The number of hydrogen-bond acceptors (Lipinski definition) is 4. The molecule has 6 nitrogen and oxygen atoms in total. The third-order valence-corrected chi connectivity index (χ3v) is 5.29. The van der Waals surface area contributed by atoms with Crippen LogP contribution >= 0.6 is 11.6 Å². The van der Waals surface area contributed by atoms with E-state index in [1.165, 1.54) is 4.90 Å². The number of carbonyl (C=O) groups excluding carboxylic acids is 3. The Morgan fingerprint density at radius 1 is 1.31 bits per heavy atom. The van der Waals surface area contributed by atoms with Crippen LogP contribution in [-0.2, 0) is 19.1 Å². The second kappa shape index (κ2) is 10.4. The smallest absolute Gasteiger partial charge is 0.336 e. The number of carbonyl (C=O) groups is 3. The van der Waals surface area contributed by atoms with E-state index < -0.39 is 11.9 Å². The molecule has 1 aliphatic rings. The maximum Gasteiger partial charge on any atom is 0.336 e. The van der Waals surface area contributed by atoms with E-state index in [-0.39, 0.29) is 31.4 Å². The zero-order valence-corrected chi connectivity index (χ0v) is 18.2. The molecule has 1 aromatic rings. The largest absolute Gasteiger partial charge is 0.463 e. The highest BCUT2D eigenvalue weighted by Crippen LogP contribution is 2.39. The summed E-state index contributed by atoms with van der Waals surface area (Å²) in [6.07, 6.45) is 0.908. The van der Waals surface area contributed by atoms with Gasteiger partial charge in [-0.3, -0.25) is 9.59 Å². The zero-order chi connectivity index (χ0) is 21.6. The first-order chi connectivity index (χ1) is 13.8. The fraction of sp³-hybridized carbons (Fsp3) is 0.500. The summed E-state index contributed by atoms with van der Waals surface area (Å²) in [5, 5.41) is 3.32. The van der Waals surface area contributed by atoms with Crippen molar-refractivity contribution < 1.29 is 19.1 Å². The standard InChI is InChI=1S/C22H29ClN2O4/c1-5-29-22(28)21-15(4)25(13-19(26)24-11-10-14(2)3)20(27)12-17(21)16-8-6-7-9-18(16)23/h6-9,14,17H,5,10-13H2,1-4H3,(H,24,26). The summed E-state index contributed by atoms with van der Waals surface area (Å²) in [7, 11) is 0. The third kappa shape index (κ3) is 5.82. The highest BCUT2D eigenvalue weighted by molar-refractivity contribution is 6.31. The number of nitrogens with zero attached hydrogens (tertiary/aromatic N) is 1. The van der Waals surface area contributed by atoms with Gasteiger partial charge in [0.15, 0.2) is 0 Å². The maximum atomic E-state index is 12.9. The molecule has 0 spiro atoms. The van der Waals surface area contributed by atoms with Crippen LogP contribution in [0.2, 0.25) is 5.02 Å². The van der Waals surface area contributed by atoms with Gasteiger partial charge in [0.1, 0.15) is 6.54 Å². The Balaban J connectivity index is 2.33. The third-order valence-electron chi connectivity index (χ3n) is 4.94. The monoisotopic (exact) mass is 420 g/mol. The lowest BCUT2D eigenvalue weighted by Gasteiger charge is -2.34. The molecule has 2 amide bonds. The van der Waals surface area contributed by atoms with Crippen molar-refractivity contribution in [1.29, 1.82) is 0 Å². The highest BCUT2D eigenvalue weighted by atomic mass is 35.5. The van der Waals surface area contributed by atoms with Gasteiger partial charge in [-0.15, -0.1) is 0 Å². The van der Waals surface area contributed by atoms with Gasteiger partial charge in [0, 0.05) is 29.6 Å². The molecule has 1 atom stereocenters. The molecule has 0 aliphatic carbocycles. The van der Waals surface area contributed by atoms with Crippen LogP contribution in [0.3, 0.4) is 0 Å². The molecule has 0 saturated carbocycles. The number of rotatable bonds is 8. The van der Waals surface area contributed by atoms with Gasteiger partial charge in [0.2, 0.25) is 11.8 Å². The fourth-order valence-corrected chi connectivity index (χ4v) is 3.67. The highest BCUT2D eigenvalue weighted by Gasteiger charge is 2.38. The van der Waals surface area contributed by atoms with Gasteiger partial charge in [-0.05, 0) is 37.8 Å². The van der Waals surface area contributed by atoms with Crippen LogP contribution in [0, 0.1) is 5.92 Å². The van der Waals surface area contributed by atoms with Crippen molar-refractivity contribution >= 4 is 29.4 Å². The number of halogens is 1. The first-order valence-electron chi connectivity index (χ1n) is 9.95. The molecule has 29 heavy (non-hydrogen) atoms. The predicted octanol–water partition coefficient (Wildman–Crippen LogP) is 3.66. The topological polar surface area (TPSA) is 75.7 Å². The molecule has 0 aromatic heterocycles. The predicted molar refractivity (Wildman–Crippen MR) is 112 cm³/mol. The lowest BCUT2D eigenvalue weighted by atomic mass is 9.83. The van der Waals surface area contributed by atoms with E-state index >= 15 is 0 Å². The molecule has 2 rings (SSSR count). The first kappa shape index (κ1) is 22.9. The zero-order valence-electron chi connectivity index (χ0n) is 17.5. The molecular formula is C22H29ClN2O4. The van der Waals surface area contributed by atoms with Gasteiger partial charge in [-0.1, -0.05) is 43.6 Å². The van der Waals surface area contributed by atoms with Gasteiger partial charge < -0.3 is 15.0 Å². The average Bonchev–Trinajstić information content (AvgIpc) is 2.65. The summed E-state index contributed by atoms with van der Waals surface area (Å²) >= 11 is 6.34. The van der Waals surface area contributed by atoms with Crippen molar-refractivity contribution in [3.05, 3.63) is 46.1 Å². The number of hydrogen-bond donors (Lipinski definition) is 1. The second-order valence-electron chi connectivity index (χ2n) is 7.51. The molecule has 0 bridgehead atoms. The first-order valence-corrected chi connectivity index (χ1v) is 10.3. The van der Waals surface area contributed by atoms with Gasteiger partial charge in [-0.25, -0.2) is 4.79 Å². The maximum absolute atomic E-state index is 12.9. The van der Waals surface area contributed by atoms with Crippen LogP contribution in [0.4, 0.5) is 0 Å². The van der Waals surface area contributed by atoms with Crippen molar-refractivity contribution in [3.63, 3.8) is 0 Å². The van der Waals surface area contributed by atoms with Crippen molar-refractivity contribution in [1.82, 2.24) is 10.2 Å². The Labute approximate surface area is 177 Å². The normalized spacial score (nSPS) is 17.0. The Hall–Kier alpha value is -2.34. The van der Waals surface area contributed by atoms with E-state index in [0.29, 0.717) is 34.3 Å². The number of allylic oxidation sites excluding steroid dienone is 1. The van der Waals surface area contributed by atoms with Crippen molar-refractivity contribution in [2.75, 3.05) is 19.7 Å². The van der Waals surface area contributed by atoms with Gasteiger partial charge >= 0.3 is 5.97 Å². The van der Waals surface area contributed by atoms with E-state index in [1.807, 2.05) is 6.07 Å². The van der Waals surface area contributed by atoms with Crippen LogP contribution in [0.25, 0.3) is 0 Å². The van der Waals surface area contributed by atoms with Gasteiger partial charge in [0.25, 0.3) is 0 Å². The molecule has 1 N–H and O–H groups in total. The summed E-state index contributed by atoms with van der Waals surface area (Å²) in [5.41, 5.74) is 1.50. The number of amides is 2. The average molecular weight is 421 g/mol. The van der Waals surface area contributed by atoms with Crippen molar-refractivity contribution in [3.8, 4) is 0 Å². The van der Waals surface area contributed by atoms with E-state index in [1.54, 1.807) is 32.0 Å². The number of esters is 1. The Kier molecular flexibility index (Phi) is 8.26. The molecule has 0 saturated heterocycles. The molecule has 7 heteroatoms. The summed E-state index contributed by atoms with van der Waals surface area (Å²) in [6, 6.07) is 7.15. The van der Waals surface area contributed by atoms with Crippen molar-refractivity contribution in [2.45, 2.75) is 46.5 Å². The second-order valence-corrected chi connectivity index (χ2v) is 7.92. The molecule has 1 aromatic carbocycles. The lowest BCUT2D eigenvalue weighted by Crippen LogP contribution is -2.44. The molecule has 158 valence electrons.